The van der Waals surface area contributed by atoms with Crippen molar-refractivity contribution in [2.24, 2.45) is 9.98 Å². The predicted molar refractivity (Wildman–Crippen MR) is 200 cm³/mol. The number of fused-ring (bicyclic) bond motifs is 6. The number of hydrogen-bond donors (Lipinski definition) is 1. The predicted octanol–water partition coefficient (Wildman–Crippen LogP) is 8.73. The summed E-state index contributed by atoms with van der Waals surface area (Å²) in [4.78, 5) is 15.7. The summed E-state index contributed by atoms with van der Waals surface area (Å²) in [5.41, 5.74) is 13.7. The van der Waals surface area contributed by atoms with Gasteiger partial charge in [-0.2, -0.15) is 0 Å². The van der Waals surface area contributed by atoms with Gasteiger partial charge in [-0.1, -0.05) is 121 Å². The highest BCUT2D eigenvalue weighted by atomic mass is 32.1. The maximum atomic E-state index is 5.38. The van der Waals surface area contributed by atoms with Crippen LogP contribution in [-0.2, 0) is 0 Å². The molecule has 8 bridgehead atoms. The Bertz CT molecular complexity index is 2330. The van der Waals surface area contributed by atoms with Crippen molar-refractivity contribution in [3.63, 3.8) is 0 Å². The molecule has 4 aromatic carbocycles. The number of nitrogens with zero attached hydrogens (tertiary/aromatic N) is 2. The molecule has 1 N–H and O–H groups in total. The van der Waals surface area contributed by atoms with Gasteiger partial charge in [0.15, 0.2) is 0 Å². The van der Waals surface area contributed by atoms with Crippen LogP contribution in [0, 0.1) is 0 Å². The molecule has 0 fully saturated rings. The van der Waals surface area contributed by atoms with Gasteiger partial charge in [-0.15, -0.1) is 11.3 Å². The number of thiophene rings is 1. The molecule has 0 aliphatic carbocycles. The van der Waals surface area contributed by atoms with Crippen molar-refractivity contribution >= 4 is 45.1 Å². The second-order valence-electron chi connectivity index (χ2n) is 11.9. The zero-order chi connectivity index (χ0) is 31.9. The molecule has 6 aromatic rings. The zero-order valence-electron chi connectivity index (χ0n) is 26.0. The SMILES string of the molecule is C1=CC2=C(c3ccccc3)c3csc(c3)C(c3ccccc3)=C3C=CC(=N3)C(c3ccccc3)=c3ccc([nH]3)=C(c3ccccc3)C1=N2. The average Bonchev–Trinajstić information content (AvgIpc) is 3.98. The maximum Gasteiger partial charge on any atom is 0.0737 e. The van der Waals surface area contributed by atoms with E-state index in [1.54, 1.807) is 11.3 Å². The molecule has 226 valence electrons. The lowest BCUT2D eigenvalue weighted by Gasteiger charge is -2.11. The number of rotatable bonds is 4. The second kappa shape index (κ2) is 11.9. The van der Waals surface area contributed by atoms with Gasteiger partial charge >= 0.3 is 0 Å². The quantitative estimate of drug-likeness (QED) is 0.202. The number of allylic oxidation sites excluding steroid dienone is 4. The van der Waals surface area contributed by atoms with Gasteiger partial charge in [0, 0.05) is 37.9 Å². The van der Waals surface area contributed by atoms with E-state index in [4.69, 9.17) is 9.98 Å². The first kappa shape index (κ1) is 28.1. The highest BCUT2D eigenvalue weighted by Crippen LogP contribution is 2.39. The van der Waals surface area contributed by atoms with E-state index in [1.807, 2.05) is 0 Å². The van der Waals surface area contributed by atoms with E-state index in [1.165, 1.54) is 0 Å². The first-order valence-corrected chi connectivity index (χ1v) is 17.0. The molecule has 0 spiro atoms. The molecule has 2 aromatic heterocycles. The highest BCUT2D eigenvalue weighted by molar-refractivity contribution is 7.11. The third-order valence-corrected chi connectivity index (χ3v) is 9.86. The normalized spacial score (nSPS) is 15.3. The van der Waals surface area contributed by atoms with Crippen LogP contribution in [-0.4, -0.2) is 16.4 Å². The monoisotopic (exact) mass is 631 g/mol. The standard InChI is InChI=1S/C44H29N3S/c1-5-13-29(14-6-1)41-33-27-40(48-28-33)44(32-19-11-4-12-20-32)39-26-25-38(47-39)43(31-17-9-3-10-18-31)37-24-23-36(46-37)42(30-15-7-2-8-16-30)35-22-21-34(41)45-35/h1-28,46H. The van der Waals surface area contributed by atoms with Gasteiger partial charge in [-0.05, 0) is 75.7 Å². The van der Waals surface area contributed by atoms with Crippen LogP contribution >= 0.6 is 11.3 Å². The smallest absolute Gasteiger partial charge is 0.0737 e. The molecule has 0 atom stereocenters. The van der Waals surface area contributed by atoms with E-state index in [0.717, 1.165) is 88.5 Å². The molecule has 9 rings (SSSR count). The molecule has 4 heteroatoms. The van der Waals surface area contributed by atoms with E-state index in [2.05, 4.69) is 174 Å². The summed E-state index contributed by atoms with van der Waals surface area (Å²) in [5.74, 6) is 0. The molecule has 3 aliphatic heterocycles. The Kier molecular flexibility index (Phi) is 6.99. The molecule has 5 heterocycles. The van der Waals surface area contributed by atoms with Crippen molar-refractivity contribution in [2.75, 3.05) is 0 Å². The van der Waals surface area contributed by atoms with Gasteiger partial charge in [-0.25, -0.2) is 9.98 Å². The summed E-state index contributed by atoms with van der Waals surface area (Å²) in [6.07, 6.45) is 8.63. The number of aliphatic imine (C=N–C) groups is 2. The third-order valence-electron chi connectivity index (χ3n) is 8.91. The molecule has 0 saturated carbocycles. The molecule has 48 heavy (non-hydrogen) atoms. The summed E-state index contributed by atoms with van der Waals surface area (Å²) < 4.78 is 0. The lowest BCUT2D eigenvalue weighted by atomic mass is 9.96. The Morgan fingerprint density at radius 1 is 0.396 bits per heavy atom. The van der Waals surface area contributed by atoms with Gasteiger partial charge in [-0.3, -0.25) is 0 Å². The Hall–Kier alpha value is -6.10. The van der Waals surface area contributed by atoms with Gasteiger partial charge in [0.1, 0.15) is 0 Å². The second-order valence-corrected chi connectivity index (χ2v) is 12.8. The molecule has 0 saturated heterocycles. The molecule has 0 amide bonds. The van der Waals surface area contributed by atoms with Crippen molar-refractivity contribution in [3.8, 4) is 0 Å². The lowest BCUT2D eigenvalue weighted by molar-refractivity contribution is 1.25. The van der Waals surface area contributed by atoms with Crippen molar-refractivity contribution in [1.82, 2.24) is 4.98 Å². The van der Waals surface area contributed by atoms with Crippen molar-refractivity contribution in [2.45, 2.75) is 0 Å². The summed E-state index contributed by atoms with van der Waals surface area (Å²) in [5, 5.41) is 4.27. The third kappa shape index (κ3) is 5.00. The largest absolute Gasteiger partial charge is 0.354 e. The minimum absolute atomic E-state index is 0.923. The van der Waals surface area contributed by atoms with E-state index >= 15 is 0 Å². The fourth-order valence-corrected chi connectivity index (χ4v) is 7.72. The van der Waals surface area contributed by atoms with Crippen LogP contribution in [0.3, 0.4) is 0 Å². The zero-order valence-corrected chi connectivity index (χ0v) is 26.8. The summed E-state index contributed by atoms with van der Waals surface area (Å²) in [7, 11) is 0. The maximum absolute atomic E-state index is 5.38. The van der Waals surface area contributed by atoms with Crippen molar-refractivity contribution in [3.05, 3.63) is 224 Å². The van der Waals surface area contributed by atoms with Crippen molar-refractivity contribution in [1.29, 1.82) is 0 Å². The van der Waals surface area contributed by atoms with E-state index < -0.39 is 0 Å². The Labute approximate surface area is 283 Å². The Balaban J connectivity index is 1.42. The fourth-order valence-electron chi connectivity index (χ4n) is 6.75. The summed E-state index contributed by atoms with van der Waals surface area (Å²) in [6.45, 7) is 0. The van der Waals surface area contributed by atoms with E-state index in [0.29, 0.717) is 0 Å². The van der Waals surface area contributed by atoms with Crippen LogP contribution < -0.4 is 10.7 Å². The number of aromatic nitrogens is 1. The topological polar surface area (TPSA) is 40.5 Å². The molecule has 0 unspecified atom stereocenters. The highest BCUT2D eigenvalue weighted by Gasteiger charge is 2.23. The van der Waals surface area contributed by atoms with Gasteiger partial charge < -0.3 is 4.98 Å². The fraction of sp³-hybridized carbons (Fsp3) is 0. The van der Waals surface area contributed by atoms with Crippen LogP contribution in [0.4, 0.5) is 0 Å². The van der Waals surface area contributed by atoms with Crippen LogP contribution in [0.1, 0.15) is 32.7 Å². The molecule has 3 nitrogen and oxygen atoms in total. The first-order valence-electron chi connectivity index (χ1n) is 16.1. The summed E-state index contributed by atoms with van der Waals surface area (Å²) in [6, 6.07) is 48.9. The van der Waals surface area contributed by atoms with Crippen LogP contribution in [0.25, 0.3) is 22.3 Å². The summed E-state index contributed by atoms with van der Waals surface area (Å²) >= 11 is 1.75. The van der Waals surface area contributed by atoms with Gasteiger partial charge in [0.2, 0.25) is 0 Å². The average molecular weight is 632 g/mol. The minimum atomic E-state index is 0.923. The number of H-pyrrole nitrogens is 1. The number of nitrogens with one attached hydrogen (secondary N) is 1. The molecule has 0 radical (unpaired) electrons. The lowest BCUT2D eigenvalue weighted by Crippen LogP contribution is -2.21. The van der Waals surface area contributed by atoms with Gasteiger partial charge in [0.05, 0.1) is 22.8 Å². The first-order chi connectivity index (χ1) is 23.8. The molecular formula is C44H29N3S. The molecule has 3 aliphatic rings. The minimum Gasteiger partial charge on any atom is -0.354 e. The van der Waals surface area contributed by atoms with Crippen LogP contribution in [0.5, 0.6) is 0 Å². The number of aromatic amines is 1. The number of hydrogen-bond acceptors (Lipinski definition) is 3. The van der Waals surface area contributed by atoms with Crippen molar-refractivity contribution < 1.29 is 0 Å². The number of benzene rings is 4. The van der Waals surface area contributed by atoms with Crippen LogP contribution in [0.15, 0.2) is 191 Å². The Morgan fingerprint density at radius 2 is 0.812 bits per heavy atom. The van der Waals surface area contributed by atoms with E-state index in [-0.39, 0.29) is 0 Å². The van der Waals surface area contributed by atoms with Crippen LogP contribution in [0.2, 0.25) is 0 Å². The van der Waals surface area contributed by atoms with E-state index in [9.17, 15) is 0 Å². The molecular weight excluding hydrogens is 603 g/mol. The van der Waals surface area contributed by atoms with Gasteiger partial charge in [0.25, 0.3) is 0 Å². The Morgan fingerprint density at radius 3 is 1.29 bits per heavy atom.